The van der Waals surface area contributed by atoms with Crippen LogP contribution in [0.2, 0.25) is 0 Å². The Morgan fingerprint density at radius 2 is 1.84 bits per heavy atom. The predicted octanol–water partition coefficient (Wildman–Crippen LogP) is 2.61. The molecule has 0 bridgehead atoms. The van der Waals surface area contributed by atoms with Gasteiger partial charge in [0.2, 0.25) is 5.91 Å². The lowest BCUT2D eigenvalue weighted by molar-refractivity contribution is -0.125. The van der Waals surface area contributed by atoms with E-state index in [1.165, 1.54) is 0 Å². The Labute approximate surface area is 182 Å². The number of aromatic nitrogens is 1. The first-order valence-electron chi connectivity index (χ1n) is 10.7. The normalized spacial score (nSPS) is 16.2. The van der Waals surface area contributed by atoms with Gasteiger partial charge in [0.1, 0.15) is 0 Å². The third-order valence-electron chi connectivity index (χ3n) is 5.97. The highest BCUT2D eigenvalue weighted by atomic mass is 16.5. The van der Waals surface area contributed by atoms with Gasteiger partial charge in [-0.25, -0.2) is 4.79 Å². The lowest BCUT2D eigenvalue weighted by Crippen LogP contribution is -2.41. The standard InChI is InChI=1S/C23H29N5O3/c1-31-13-10-25-22(29)17-7-11-27(12-8-17)21-4-2-20(3-5-21)26-23(30)28-15-18-6-9-24-14-19(18)16-28/h2-6,9,14,17H,7-8,10-13,15-16H2,1H3,(H,25,29)(H,26,30). The van der Waals surface area contributed by atoms with Crippen LogP contribution in [0.4, 0.5) is 16.2 Å². The van der Waals surface area contributed by atoms with Crippen molar-refractivity contribution in [3.63, 3.8) is 0 Å². The van der Waals surface area contributed by atoms with Crippen LogP contribution in [0.1, 0.15) is 24.0 Å². The van der Waals surface area contributed by atoms with Crippen molar-refractivity contribution in [1.82, 2.24) is 15.2 Å². The minimum absolute atomic E-state index is 0.0615. The van der Waals surface area contributed by atoms with Crippen LogP contribution in [0.15, 0.2) is 42.7 Å². The van der Waals surface area contributed by atoms with Gasteiger partial charge in [0.15, 0.2) is 0 Å². The molecule has 3 heterocycles. The fraction of sp³-hybridized carbons (Fsp3) is 0.435. The van der Waals surface area contributed by atoms with E-state index in [1.54, 1.807) is 18.2 Å². The number of carbonyl (C=O) groups excluding carboxylic acids is 2. The molecule has 1 aromatic carbocycles. The Bertz CT molecular complexity index is 885. The number of urea groups is 1. The van der Waals surface area contributed by atoms with E-state index >= 15 is 0 Å². The minimum atomic E-state index is -0.107. The summed E-state index contributed by atoms with van der Waals surface area (Å²) in [6.45, 7) is 3.97. The molecule has 0 radical (unpaired) electrons. The summed E-state index contributed by atoms with van der Waals surface area (Å²) >= 11 is 0. The number of pyridine rings is 1. The summed E-state index contributed by atoms with van der Waals surface area (Å²) in [5.41, 5.74) is 4.13. The summed E-state index contributed by atoms with van der Waals surface area (Å²) in [5.74, 6) is 0.182. The molecule has 164 valence electrons. The summed E-state index contributed by atoms with van der Waals surface area (Å²) in [4.78, 5) is 33.0. The molecular weight excluding hydrogens is 394 g/mol. The van der Waals surface area contributed by atoms with Crippen molar-refractivity contribution in [3.05, 3.63) is 53.9 Å². The lowest BCUT2D eigenvalue weighted by Gasteiger charge is -2.33. The highest BCUT2D eigenvalue weighted by Gasteiger charge is 2.25. The zero-order chi connectivity index (χ0) is 21.6. The second-order valence-corrected chi connectivity index (χ2v) is 8.02. The number of hydrogen-bond acceptors (Lipinski definition) is 5. The van der Waals surface area contributed by atoms with Crippen molar-refractivity contribution in [2.24, 2.45) is 5.92 Å². The van der Waals surface area contributed by atoms with E-state index in [2.05, 4.69) is 20.5 Å². The molecule has 3 amide bonds. The van der Waals surface area contributed by atoms with E-state index in [9.17, 15) is 9.59 Å². The van der Waals surface area contributed by atoms with Gasteiger partial charge >= 0.3 is 6.03 Å². The first kappa shape index (κ1) is 21.1. The van der Waals surface area contributed by atoms with Crippen LogP contribution < -0.4 is 15.5 Å². The maximum Gasteiger partial charge on any atom is 0.322 e. The van der Waals surface area contributed by atoms with E-state index < -0.39 is 0 Å². The summed E-state index contributed by atoms with van der Waals surface area (Å²) in [5, 5.41) is 5.91. The molecule has 0 saturated carbocycles. The number of hydrogen-bond donors (Lipinski definition) is 2. The molecule has 0 spiro atoms. The molecule has 8 heteroatoms. The van der Waals surface area contributed by atoms with Gasteiger partial charge in [-0.1, -0.05) is 0 Å². The Hall–Kier alpha value is -3.13. The highest BCUT2D eigenvalue weighted by Crippen LogP contribution is 2.26. The number of rotatable bonds is 6. The molecule has 1 aromatic heterocycles. The average Bonchev–Trinajstić information content (AvgIpc) is 3.24. The molecule has 2 N–H and O–H groups in total. The van der Waals surface area contributed by atoms with E-state index in [-0.39, 0.29) is 17.9 Å². The Balaban J connectivity index is 1.25. The van der Waals surface area contributed by atoms with Gasteiger partial charge in [0.05, 0.1) is 6.61 Å². The number of anilines is 2. The zero-order valence-corrected chi connectivity index (χ0v) is 17.8. The van der Waals surface area contributed by atoms with Gasteiger partial charge in [0, 0.05) is 69.5 Å². The fourth-order valence-electron chi connectivity index (χ4n) is 4.14. The number of benzene rings is 1. The Morgan fingerprint density at radius 3 is 2.55 bits per heavy atom. The quantitative estimate of drug-likeness (QED) is 0.698. The molecule has 4 rings (SSSR count). The second kappa shape index (κ2) is 9.78. The summed E-state index contributed by atoms with van der Waals surface area (Å²) in [7, 11) is 1.63. The Morgan fingerprint density at radius 1 is 1.10 bits per heavy atom. The smallest absolute Gasteiger partial charge is 0.322 e. The Kier molecular flexibility index (Phi) is 6.66. The number of ether oxygens (including phenoxy) is 1. The van der Waals surface area contributed by atoms with Crippen LogP contribution in [0.5, 0.6) is 0 Å². The van der Waals surface area contributed by atoms with Crippen molar-refractivity contribution in [3.8, 4) is 0 Å². The number of fused-ring (bicyclic) bond motifs is 1. The van der Waals surface area contributed by atoms with Crippen molar-refractivity contribution < 1.29 is 14.3 Å². The maximum atomic E-state index is 12.6. The van der Waals surface area contributed by atoms with Crippen LogP contribution in [0, 0.1) is 5.92 Å². The molecule has 2 aliphatic rings. The second-order valence-electron chi connectivity index (χ2n) is 8.02. The van der Waals surface area contributed by atoms with Gasteiger partial charge in [0.25, 0.3) is 0 Å². The van der Waals surface area contributed by atoms with Crippen molar-refractivity contribution in [1.29, 1.82) is 0 Å². The van der Waals surface area contributed by atoms with E-state index in [4.69, 9.17) is 4.74 Å². The number of methoxy groups -OCH3 is 1. The summed E-state index contributed by atoms with van der Waals surface area (Å²) < 4.78 is 4.98. The fourth-order valence-corrected chi connectivity index (χ4v) is 4.14. The molecule has 2 aliphatic heterocycles. The van der Waals surface area contributed by atoms with Gasteiger partial charge < -0.3 is 25.2 Å². The topological polar surface area (TPSA) is 86.8 Å². The monoisotopic (exact) mass is 423 g/mol. The molecule has 0 unspecified atom stereocenters. The van der Waals surface area contributed by atoms with Crippen molar-refractivity contribution in [2.75, 3.05) is 43.6 Å². The SMILES string of the molecule is COCCNC(=O)C1CCN(c2ccc(NC(=O)N3Cc4ccncc4C3)cc2)CC1. The molecule has 31 heavy (non-hydrogen) atoms. The molecule has 2 aromatic rings. The first-order chi connectivity index (χ1) is 15.1. The first-order valence-corrected chi connectivity index (χ1v) is 10.7. The van der Waals surface area contributed by atoms with Crippen molar-refractivity contribution in [2.45, 2.75) is 25.9 Å². The number of carbonyl (C=O) groups is 2. The third kappa shape index (κ3) is 5.14. The highest BCUT2D eigenvalue weighted by molar-refractivity contribution is 5.90. The largest absolute Gasteiger partial charge is 0.383 e. The molecule has 1 saturated heterocycles. The minimum Gasteiger partial charge on any atom is -0.383 e. The molecule has 8 nitrogen and oxygen atoms in total. The molecule has 1 fully saturated rings. The number of nitrogens with zero attached hydrogens (tertiary/aromatic N) is 3. The predicted molar refractivity (Wildman–Crippen MR) is 119 cm³/mol. The zero-order valence-electron chi connectivity index (χ0n) is 17.8. The van der Waals surface area contributed by atoms with Crippen LogP contribution in [0.3, 0.4) is 0 Å². The van der Waals surface area contributed by atoms with Crippen LogP contribution in [-0.4, -0.2) is 55.2 Å². The van der Waals surface area contributed by atoms with E-state index in [0.29, 0.717) is 26.2 Å². The van der Waals surface area contributed by atoms with Gasteiger partial charge in [-0.15, -0.1) is 0 Å². The average molecular weight is 424 g/mol. The number of nitrogens with one attached hydrogen (secondary N) is 2. The van der Waals surface area contributed by atoms with Gasteiger partial charge in [-0.2, -0.15) is 0 Å². The van der Waals surface area contributed by atoms with Crippen LogP contribution in [0.25, 0.3) is 0 Å². The van der Waals surface area contributed by atoms with Gasteiger partial charge in [-0.3, -0.25) is 9.78 Å². The van der Waals surface area contributed by atoms with Crippen LogP contribution >= 0.6 is 0 Å². The third-order valence-corrected chi connectivity index (χ3v) is 5.97. The van der Waals surface area contributed by atoms with E-state index in [1.807, 2.05) is 36.5 Å². The van der Waals surface area contributed by atoms with Crippen molar-refractivity contribution >= 4 is 23.3 Å². The van der Waals surface area contributed by atoms with Crippen LogP contribution in [-0.2, 0) is 22.6 Å². The number of piperidine rings is 1. The summed E-state index contributed by atoms with van der Waals surface area (Å²) in [6.07, 6.45) is 5.25. The summed E-state index contributed by atoms with van der Waals surface area (Å²) in [6, 6.07) is 9.77. The molecule has 0 atom stereocenters. The lowest BCUT2D eigenvalue weighted by atomic mass is 9.95. The van der Waals surface area contributed by atoms with E-state index in [0.717, 1.165) is 48.4 Å². The molecule has 0 aliphatic carbocycles. The maximum absolute atomic E-state index is 12.6. The number of amides is 3. The van der Waals surface area contributed by atoms with Gasteiger partial charge in [-0.05, 0) is 54.3 Å². The molecular formula is C23H29N5O3.